The van der Waals surface area contributed by atoms with Gasteiger partial charge in [-0.15, -0.1) is 0 Å². The van der Waals surface area contributed by atoms with Gasteiger partial charge in [-0.3, -0.25) is 24.5 Å². The number of carbonyl (C=O) groups excluding carboxylic acids is 2. The van der Waals surface area contributed by atoms with E-state index in [0.717, 1.165) is 4.90 Å². The van der Waals surface area contributed by atoms with Gasteiger partial charge in [0.25, 0.3) is 11.6 Å². The van der Waals surface area contributed by atoms with E-state index >= 15 is 0 Å². The second-order valence-corrected chi connectivity index (χ2v) is 5.15. The highest BCUT2D eigenvalue weighted by Gasteiger charge is 2.18. The molecule has 9 heteroatoms. The van der Waals surface area contributed by atoms with E-state index in [1.165, 1.54) is 25.1 Å². The summed E-state index contributed by atoms with van der Waals surface area (Å²) in [5.41, 5.74) is 0.418. The van der Waals surface area contributed by atoms with E-state index < -0.39 is 29.3 Å². The first kappa shape index (κ1) is 19.1. The van der Waals surface area contributed by atoms with Crippen LogP contribution in [0.4, 0.5) is 5.69 Å². The Labute approximate surface area is 138 Å². The zero-order valence-electron chi connectivity index (χ0n) is 13.4. The number of aryl methyl sites for hydroxylation is 1. The second kappa shape index (κ2) is 8.61. The average molecular weight is 337 g/mol. The summed E-state index contributed by atoms with van der Waals surface area (Å²) in [7, 11) is 0. The van der Waals surface area contributed by atoms with Crippen molar-refractivity contribution in [2.24, 2.45) is 0 Å². The molecule has 9 nitrogen and oxygen atoms in total. The number of hydrogen-bond acceptors (Lipinski definition) is 5. The van der Waals surface area contributed by atoms with Crippen molar-refractivity contribution in [1.29, 1.82) is 0 Å². The maximum Gasteiger partial charge on any atom is 0.323 e. The van der Waals surface area contributed by atoms with Crippen LogP contribution in [-0.4, -0.2) is 52.3 Å². The number of nitro benzene ring substituents is 1. The molecule has 0 unspecified atom stereocenters. The third-order valence-electron chi connectivity index (χ3n) is 3.23. The number of nitro groups is 1. The predicted octanol–water partition coefficient (Wildman–Crippen LogP) is 0.956. The van der Waals surface area contributed by atoms with Crippen LogP contribution in [-0.2, 0) is 9.59 Å². The van der Waals surface area contributed by atoms with E-state index in [0.29, 0.717) is 12.0 Å². The van der Waals surface area contributed by atoms with Crippen LogP contribution in [0.2, 0.25) is 0 Å². The molecule has 0 fully saturated rings. The fraction of sp³-hybridized carbons (Fsp3) is 0.400. The van der Waals surface area contributed by atoms with E-state index in [-0.39, 0.29) is 24.3 Å². The summed E-state index contributed by atoms with van der Waals surface area (Å²) in [4.78, 5) is 46.1. The number of amides is 2. The van der Waals surface area contributed by atoms with Crippen molar-refractivity contribution >= 4 is 23.5 Å². The van der Waals surface area contributed by atoms with Gasteiger partial charge < -0.3 is 15.3 Å². The zero-order valence-corrected chi connectivity index (χ0v) is 13.4. The van der Waals surface area contributed by atoms with Crippen LogP contribution in [0.5, 0.6) is 0 Å². The minimum atomic E-state index is -1.13. The van der Waals surface area contributed by atoms with Gasteiger partial charge in [0.15, 0.2) is 0 Å². The SMILES string of the molecule is CCCN(CC(=O)O)C(=O)CNC(=O)c1ccc([N+](=O)[O-])c(C)c1. The first-order valence-electron chi connectivity index (χ1n) is 7.29. The van der Waals surface area contributed by atoms with E-state index in [4.69, 9.17) is 5.11 Å². The van der Waals surface area contributed by atoms with Gasteiger partial charge in [-0.05, 0) is 25.5 Å². The third kappa shape index (κ3) is 5.34. The minimum absolute atomic E-state index is 0.0989. The first-order valence-corrected chi connectivity index (χ1v) is 7.29. The molecule has 0 aromatic heterocycles. The molecule has 1 aromatic carbocycles. The maximum absolute atomic E-state index is 12.0. The Morgan fingerprint density at radius 1 is 1.33 bits per heavy atom. The molecule has 130 valence electrons. The molecule has 0 atom stereocenters. The Morgan fingerprint density at radius 3 is 2.50 bits per heavy atom. The number of hydrogen-bond donors (Lipinski definition) is 2. The summed E-state index contributed by atoms with van der Waals surface area (Å²) in [5.74, 6) is -2.20. The summed E-state index contributed by atoms with van der Waals surface area (Å²) >= 11 is 0. The maximum atomic E-state index is 12.0. The molecule has 0 aliphatic carbocycles. The number of carbonyl (C=O) groups is 3. The number of benzene rings is 1. The second-order valence-electron chi connectivity index (χ2n) is 5.15. The molecule has 0 heterocycles. The summed E-state index contributed by atoms with van der Waals surface area (Å²) in [6, 6.07) is 3.88. The lowest BCUT2D eigenvalue weighted by Gasteiger charge is -2.20. The van der Waals surface area contributed by atoms with Crippen molar-refractivity contribution in [2.75, 3.05) is 19.6 Å². The average Bonchev–Trinajstić information content (AvgIpc) is 2.50. The van der Waals surface area contributed by atoms with Crippen molar-refractivity contribution in [3.8, 4) is 0 Å². The van der Waals surface area contributed by atoms with Crippen LogP contribution in [0.1, 0.15) is 29.3 Å². The molecule has 0 saturated carbocycles. The lowest BCUT2D eigenvalue weighted by molar-refractivity contribution is -0.385. The highest BCUT2D eigenvalue weighted by molar-refractivity contribution is 5.97. The van der Waals surface area contributed by atoms with Crippen molar-refractivity contribution in [1.82, 2.24) is 10.2 Å². The van der Waals surface area contributed by atoms with E-state index in [1.807, 2.05) is 0 Å². The van der Waals surface area contributed by atoms with Gasteiger partial charge in [-0.25, -0.2) is 0 Å². The normalized spacial score (nSPS) is 10.1. The van der Waals surface area contributed by atoms with Crippen LogP contribution < -0.4 is 5.32 Å². The Balaban J connectivity index is 2.70. The van der Waals surface area contributed by atoms with Gasteiger partial charge in [0.1, 0.15) is 6.54 Å². The number of rotatable bonds is 8. The van der Waals surface area contributed by atoms with Crippen LogP contribution in [0.15, 0.2) is 18.2 Å². The van der Waals surface area contributed by atoms with Gasteiger partial charge in [-0.2, -0.15) is 0 Å². The summed E-state index contributed by atoms with van der Waals surface area (Å²) in [6.45, 7) is 2.81. The van der Waals surface area contributed by atoms with Gasteiger partial charge in [0, 0.05) is 23.7 Å². The van der Waals surface area contributed by atoms with Gasteiger partial charge in [-0.1, -0.05) is 6.92 Å². The fourth-order valence-electron chi connectivity index (χ4n) is 2.10. The zero-order chi connectivity index (χ0) is 18.3. The smallest absolute Gasteiger partial charge is 0.323 e. The number of nitrogens with one attached hydrogen (secondary N) is 1. The molecule has 0 bridgehead atoms. The number of carboxylic acid groups (broad SMARTS) is 1. The van der Waals surface area contributed by atoms with Crippen LogP contribution in [0.25, 0.3) is 0 Å². The highest BCUT2D eigenvalue weighted by atomic mass is 16.6. The number of carboxylic acids is 1. The molecular formula is C15H19N3O6. The lowest BCUT2D eigenvalue weighted by atomic mass is 10.1. The Hall–Kier alpha value is -2.97. The molecule has 24 heavy (non-hydrogen) atoms. The van der Waals surface area contributed by atoms with Crippen LogP contribution in [0, 0.1) is 17.0 Å². The third-order valence-corrected chi connectivity index (χ3v) is 3.23. The molecule has 0 aliphatic heterocycles. The molecule has 0 radical (unpaired) electrons. The topological polar surface area (TPSA) is 130 Å². The predicted molar refractivity (Wildman–Crippen MR) is 84.7 cm³/mol. The molecule has 0 aliphatic rings. The van der Waals surface area contributed by atoms with Crippen molar-refractivity contribution in [2.45, 2.75) is 20.3 Å². The summed E-state index contributed by atoms with van der Waals surface area (Å²) in [5, 5.41) is 21.9. The fourth-order valence-corrected chi connectivity index (χ4v) is 2.10. The molecule has 2 N–H and O–H groups in total. The largest absolute Gasteiger partial charge is 0.480 e. The summed E-state index contributed by atoms with van der Waals surface area (Å²) in [6.07, 6.45) is 0.592. The standard InChI is InChI=1S/C15H19N3O6/c1-3-6-17(9-14(20)21)13(19)8-16-15(22)11-4-5-12(18(23)24)10(2)7-11/h4-5,7H,3,6,8-9H2,1-2H3,(H,16,22)(H,20,21). The monoisotopic (exact) mass is 337 g/mol. The van der Waals surface area contributed by atoms with Crippen molar-refractivity contribution in [3.05, 3.63) is 39.4 Å². The highest BCUT2D eigenvalue weighted by Crippen LogP contribution is 2.18. The lowest BCUT2D eigenvalue weighted by Crippen LogP contribution is -2.42. The van der Waals surface area contributed by atoms with Gasteiger partial charge >= 0.3 is 5.97 Å². The molecule has 0 saturated heterocycles. The Kier molecular flexibility index (Phi) is 6.84. The number of nitrogens with zero attached hydrogens (tertiary/aromatic N) is 2. The summed E-state index contributed by atoms with van der Waals surface area (Å²) < 4.78 is 0. The Morgan fingerprint density at radius 2 is 2.00 bits per heavy atom. The van der Waals surface area contributed by atoms with Gasteiger partial charge in [0.2, 0.25) is 5.91 Å². The molecule has 1 rings (SSSR count). The quantitative estimate of drug-likeness (QED) is 0.536. The van der Waals surface area contributed by atoms with Crippen LogP contribution in [0.3, 0.4) is 0 Å². The van der Waals surface area contributed by atoms with Crippen LogP contribution >= 0.6 is 0 Å². The molecule has 1 aromatic rings. The molecule has 0 spiro atoms. The Bertz CT molecular complexity index is 659. The van der Waals surface area contributed by atoms with Crippen molar-refractivity contribution < 1.29 is 24.4 Å². The molecule has 2 amide bonds. The van der Waals surface area contributed by atoms with Gasteiger partial charge in [0.05, 0.1) is 11.5 Å². The number of aliphatic carboxylic acids is 1. The molecular weight excluding hydrogens is 318 g/mol. The van der Waals surface area contributed by atoms with E-state index in [9.17, 15) is 24.5 Å². The first-order chi connectivity index (χ1) is 11.3. The minimum Gasteiger partial charge on any atom is -0.480 e. The van der Waals surface area contributed by atoms with E-state index in [1.54, 1.807) is 6.92 Å². The van der Waals surface area contributed by atoms with E-state index in [2.05, 4.69) is 5.32 Å². The van der Waals surface area contributed by atoms with Crippen molar-refractivity contribution in [3.63, 3.8) is 0 Å².